The fraction of sp³-hybridized carbons (Fsp3) is 0.600. The highest BCUT2D eigenvalue weighted by atomic mass is 79.9. The molecule has 0 radical (unpaired) electrons. The van der Waals surface area contributed by atoms with Gasteiger partial charge in [-0.3, -0.25) is 0 Å². The van der Waals surface area contributed by atoms with Gasteiger partial charge >= 0.3 is 0 Å². The van der Waals surface area contributed by atoms with E-state index in [-0.39, 0.29) is 11.8 Å². The Hall–Kier alpha value is -0.650. The van der Waals surface area contributed by atoms with Gasteiger partial charge in [-0.2, -0.15) is 0 Å². The predicted molar refractivity (Wildman–Crippen MR) is 146 cm³/mol. The quantitative estimate of drug-likeness (QED) is 0.125. The molecule has 32 heavy (non-hydrogen) atoms. The summed E-state index contributed by atoms with van der Waals surface area (Å²) in [5.41, 5.74) is 4.42. The number of benzene rings is 1. The lowest BCUT2D eigenvalue weighted by molar-refractivity contribution is 0.421. The van der Waals surface area contributed by atoms with Crippen molar-refractivity contribution in [3.05, 3.63) is 47.1 Å². The first kappa shape index (κ1) is 27.6. The van der Waals surface area contributed by atoms with Crippen molar-refractivity contribution in [2.75, 3.05) is 26.0 Å². The number of nitrogens with one attached hydrogen (secondary N) is 1. The second kappa shape index (κ2) is 12.7. The zero-order valence-electron chi connectivity index (χ0n) is 20.3. The largest absolute Gasteiger partial charge is 0.507 e. The van der Waals surface area contributed by atoms with E-state index in [4.69, 9.17) is 16.3 Å². The molecule has 0 fully saturated rings. The second-order valence-corrected chi connectivity index (χ2v) is 13.7. The molecule has 0 saturated carbocycles. The first-order valence-corrected chi connectivity index (χ1v) is 15.4. The van der Waals surface area contributed by atoms with Gasteiger partial charge in [-0.05, 0) is 89.0 Å². The fourth-order valence-corrected chi connectivity index (χ4v) is 6.62. The molecule has 0 heterocycles. The number of rotatable bonds is 12. The number of aromatic hydroxyl groups is 1. The minimum atomic E-state index is -2.51. The summed E-state index contributed by atoms with van der Waals surface area (Å²) in [6.07, 6.45) is 8.72. The first-order valence-electron chi connectivity index (χ1n) is 11.6. The van der Waals surface area contributed by atoms with E-state index in [9.17, 15) is 5.11 Å². The fourth-order valence-electron chi connectivity index (χ4n) is 4.28. The molecule has 4 nitrogen and oxygen atoms in total. The number of aryl methyl sites for hydroxylation is 1. The average Bonchev–Trinajstić information content (AvgIpc) is 2.72. The van der Waals surface area contributed by atoms with Crippen molar-refractivity contribution in [1.82, 2.24) is 9.76 Å². The Balaban J connectivity index is 2.60. The summed E-state index contributed by atoms with van der Waals surface area (Å²) < 4.78 is 8.61. The minimum absolute atomic E-state index is 0.0303. The molecule has 180 valence electrons. The Morgan fingerprint density at radius 3 is 2.69 bits per heavy atom. The van der Waals surface area contributed by atoms with Crippen LogP contribution in [0.1, 0.15) is 69.9 Å². The summed E-state index contributed by atoms with van der Waals surface area (Å²) in [6, 6.07) is 4.04. The maximum absolute atomic E-state index is 11.3. The van der Waals surface area contributed by atoms with Crippen LogP contribution in [0, 0.1) is 5.92 Å². The lowest BCUT2D eigenvalue weighted by Gasteiger charge is -2.35. The number of hydrogen-bond donors (Lipinski definition) is 2. The molecular formula is C25H40BrN2O2PS. The summed E-state index contributed by atoms with van der Waals surface area (Å²) in [6.45, 7) is 8.92. The van der Waals surface area contributed by atoms with Crippen molar-refractivity contribution in [2.45, 2.75) is 65.2 Å². The molecule has 2 N–H and O–H groups in total. The summed E-state index contributed by atoms with van der Waals surface area (Å²) in [7, 11) is 3.90. The highest BCUT2D eigenvalue weighted by Crippen LogP contribution is 2.52. The van der Waals surface area contributed by atoms with Crippen molar-refractivity contribution >= 4 is 34.3 Å². The monoisotopic (exact) mass is 542 g/mol. The molecule has 0 aromatic heterocycles. The molecule has 0 spiro atoms. The zero-order chi connectivity index (χ0) is 23.9. The van der Waals surface area contributed by atoms with Gasteiger partial charge < -0.3 is 9.63 Å². The molecule has 0 amide bonds. The van der Waals surface area contributed by atoms with Crippen LogP contribution in [0.4, 0.5) is 0 Å². The lowest BCUT2D eigenvalue weighted by Crippen LogP contribution is -2.27. The van der Waals surface area contributed by atoms with Gasteiger partial charge in [0, 0.05) is 23.4 Å². The number of allylic oxidation sites excluding steroid dienone is 3. The molecule has 0 aliphatic heterocycles. The van der Waals surface area contributed by atoms with Gasteiger partial charge in [-0.15, -0.1) is 0 Å². The normalized spacial score (nSPS) is 20.7. The number of hydrogen-bond acceptors (Lipinski definition) is 3. The molecule has 0 saturated heterocycles. The topological polar surface area (TPSA) is 44.7 Å². The average molecular weight is 544 g/mol. The summed E-state index contributed by atoms with van der Waals surface area (Å²) in [5.74, 6) is 1.31. The van der Waals surface area contributed by atoms with Gasteiger partial charge in [-0.1, -0.05) is 59.5 Å². The Morgan fingerprint density at radius 1 is 1.38 bits per heavy atom. The number of phenolic OH excluding ortho intramolecular Hbond substituents is 1. The molecule has 2 rings (SSSR count). The first-order chi connectivity index (χ1) is 15.1. The van der Waals surface area contributed by atoms with Gasteiger partial charge in [-0.25, -0.2) is 9.76 Å². The van der Waals surface area contributed by atoms with Crippen LogP contribution >= 0.6 is 22.5 Å². The third-order valence-corrected chi connectivity index (χ3v) is 10.2. The van der Waals surface area contributed by atoms with Gasteiger partial charge in [0.15, 0.2) is 0 Å². The highest BCUT2D eigenvalue weighted by Gasteiger charge is 2.33. The maximum Gasteiger partial charge on any atom is 0.250 e. The second-order valence-electron chi connectivity index (χ2n) is 9.07. The Labute approximate surface area is 208 Å². The maximum atomic E-state index is 11.3. The number of unbranched alkanes of at least 4 members (excludes halogenated alkanes) is 2. The van der Waals surface area contributed by atoms with Crippen molar-refractivity contribution in [3.63, 3.8) is 0 Å². The number of phenols is 1. The van der Waals surface area contributed by atoms with Crippen LogP contribution in [0.2, 0.25) is 0 Å². The number of alkyl halides is 1. The molecular weight excluding hydrogens is 503 g/mol. The van der Waals surface area contributed by atoms with E-state index in [1.54, 1.807) is 0 Å². The van der Waals surface area contributed by atoms with Crippen LogP contribution in [0.25, 0.3) is 0 Å². The third-order valence-electron chi connectivity index (χ3n) is 6.12. The number of nitrogens with zero attached hydrogens (tertiary/aromatic N) is 1. The lowest BCUT2D eigenvalue weighted by atomic mass is 9.73. The van der Waals surface area contributed by atoms with Crippen molar-refractivity contribution in [2.24, 2.45) is 5.92 Å². The van der Waals surface area contributed by atoms with Crippen LogP contribution < -0.4 is 9.61 Å². The SMILES string of the molecule is C=C(C)[C@@H]1CCC(C)=C[C@H]1c1c(O)cc(CCCCC)cc1OP(=S)(NCCBr)N(C)C. The molecule has 7 heteroatoms. The minimum Gasteiger partial charge on any atom is -0.507 e. The molecule has 1 aromatic carbocycles. The van der Waals surface area contributed by atoms with E-state index < -0.39 is 6.57 Å². The predicted octanol–water partition coefficient (Wildman–Crippen LogP) is 7.29. The van der Waals surface area contributed by atoms with Crippen molar-refractivity contribution in [1.29, 1.82) is 0 Å². The molecule has 3 atom stereocenters. The Morgan fingerprint density at radius 2 is 2.09 bits per heavy atom. The molecule has 1 aliphatic carbocycles. The Kier molecular flexibility index (Phi) is 11.0. The molecule has 1 aromatic rings. The number of halogens is 1. The standard InChI is InChI=1S/C25H40BrN2O2PS/c1-7-8-9-10-20-16-23(29)25(22-15-19(4)11-12-21(22)18(2)3)24(17-20)30-31(32,28(5)6)27-14-13-26/h15-17,21-22,29H,2,7-14H2,1,3-6H3,(H,27,32)/t21-,22+,31?/m0/s1. The van der Waals surface area contributed by atoms with Crippen LogP contribution in [0.5, 0.6) is 11.5 Å². The zero-order valence-corrected chi connectivity index (χ0v) is 23.6. The van der Waals surface area contributed by atoms with Crippen LogP contribution in [-0.4, -0.2) is 35.7 Å². The van der Waals surface area contributed by atoms with Crippen LogP contribution in [0.15, 0.2) is 35.9 Å². The van der Waals surface area contributed by atoms with E-state index in [1.807, 2.05) is 24.8 Å². The van der Waals surface area contributed by atoms with Gasteiger partial charge in [0.2, 0.25) is 6.57 Å². The molecule has 1 aliphatic rings. The van der Waals surface area contributed by atoms with Crippen LogP contribution in [0.3, 0.4) is 0 Å². The van der Waals surface area contributed by atoms with E-state index in [1.165, 1.54) is 12.0 Å². The van der Waals surface area contributed by atoms with E-state index in [0.29, 0.717) is 18.0 Å². The highest BCUT2D eigenvalue weighted by molar-refractivity contribution is 9.09. The smallest absolute Gasteiger partial charge is 0.250 e. The van der Waals surface area contributed by atoms with Gasteiger partial charge in [0.1, 0.15) is 11.5 Å². The molecule has 0 bridgehead atoms. The molecule has 1 unspecified atom stereocenters. The van der Waals surface area contributed by atoms with E-state index >= 15 is 0 Å². The third kappa shape index (κ3) is 7.17. The van der Waals surface area contributed by atoms with Crippen molar-refractivity contribution < 1.29 is 9.63 Å². The summed E-state index contributed by atoms with van der Waals surface area (Å²) in [5, 5.41) is 15.5. The van der Waals surface area contributed by atoms with Gasteiger partial charge in [0.25, 0.3) is 0 Å². The van der Waals surface area contributed by atoms with Gasteiger partial charge in [0.05, 0.1) is 0 Å². The van der Waals surface area contributed by atoms with E-state index in [0.717, 1.165) is 54.1 Å². The van der Waals surface area contributed by atoms with Crippen LogP contribution in [-0.2, 0) is 18.2 Å². The Bertz CT molecular complexity index is 872. The summed E-state index contributed by atoms with van der Waals surface area (Å²) >= 11 is 9.48. The van der Waals surface area contributed by atoms with Crippen molar-refractivity contribution in [3.8, 4) is 11.5 Å². The van der Waals surface area contributed by atoms with E-state index in [2.05, 4.69) is 60.5 Å². The summed E-state index contributed by atoms with van der Waals surface area (Å²) in [4.78, 5) is 0.